The Balaban J connectivity index is 2.67. The minimum Gasteiger partial charge on any atom is -0.478 e. The van der Waals surface area contributed by atoms with Gasteiger partial charge in [-0.1, -0.05) is 5.16 Å². The number of carboxylic acids is 1. The molecule has 1 unspecified atom stereocenters. The van der Waals surface area contributed by atoms with Gasteiger partial charge in [0.05, 0.1) is 16.2 Å². The minimum atomic E-state index is -3.48. The van der Waals surface area contributed by atoms with Crippen LogP contribution in [0.3, 0.4) is 0 Å². The van der Waals surface area contributed by atoms with Crippen molar-refractivity contribution in [1.82, 2.24) is 0 Å². The lowest BCUT2D eigenvalue weighted by atomic mass is 9.96. The lowest BCUT2D eigenvalue weighted by Crippen LogP contribution is -2.13. The van der Waals surface area contributed by atoms with Crippen molar-refractivity contribution in [2.24, 2.45) is 5.16 Å². The van der Waals surface area contributed by atoms with Gasteiger partial charge >= 0.3 is 5.97 Å². The van der Waals surface area contributed by atoms with Crippen molar-refractivity contribution in [3.05, 3.63) is 28.8 Å². The van der Waals surface area contributed by atoms with Gasteiger partial charge in [0, 0.05) is 18.2 Å². The molecular formula is C13H15NO5S. The topological polar surface area (TPSA) is 93.0 Å². The summed E-state index contributed by atoms with van der Waals surface area (Å²) in [5.74, 6) is -1.10. The fourth-order valence-electron chi connectivity index (χ4n) is 2.31. The smallest absolute Gasteiger partial charge is 0.335 e. The monoisotopic (exact) mass is 297 g/mol. The number of rotatable bonds is 3. The predicted molar refractivity (Wildman–Crippen MR) is 72.8 cm³/mol. The number of carboxylic acid groups (broad SMARTS) is 1. The number of nitrogens with zero attached hydrogens (tertiary/aromatic N) is 1. The number of hydrogen-bond donors (Lipinski definition) is 1. The van der Waals surface area contributed by atoms with Crippen LogP contribution in [0.4, 0.5) is 0 Å². The van der Waals surface area contributed by atoms with E-state index < -0.39 is 21.9 Å². The number of sulfone groups is 1. The first-order valence-electron chi connectivity index (χ1n) is 5.98. The maximum Gasteiger partial charge on any atom is 0.335 e. The SMILES string of the molecule is CC1=NOC(c2c(S(C)(=O)=O)ccc(C(=O)O)c2C)C1. The molecule has 1 atom stereocenters. The Bertz CT molecular complexity index is 706. The van der Waals surface area contributed by atoms with Crippen LogP contribution in [-0.4, -0.2) is 31.5 Å². The first-order valence-corrected chi connectivity index (χ1v) is 7.87. The first kappa shape index (κ1) is 14.5. The Morgan fingerprint density at radius 2 is 2.05 bits per heavy atom. The molecule has 1 aliphatic heterocycles. The summed E-state index contributed by atoms with van der Waals surface area (Å²) in [6.45, 7) is 3.36. The second-order valence-corrected chi connectivity index (χ2v) is 6.84. The van der Waals surface area contributed by atoms with Crippen LogP contribution >= 0.6 is 0 Å². The Morgan fingerprint density at radius 1 is 1.40 bits per heavy atom. The summed E-state index contributed by atoms with van der Waals surface area (Å²) in [6, 6.07) is 2.62. The van der Waals surface area contributed by atoms with Crippen molar-refractivity contribution in [1.29, 1.82) is 0 Å². The summed E-state index contributed by atoms with van der Waals surface area (Å²) in [5.41, 5.74) is 1.60. The number of carbonyl (C=O) groups is 1. The van der Waals surface area contributed by atoms with Gasteiger partial charge in [-0.2, -0.15) is 0 Å². The quantitative estimate of drug-likeness (QED) is 0.920. The molecule has 108 valence electrons. The molecule has 0 saturated heterocycles. The van der Waals surface area contributed by atoms with Gasteiger partial charge < -0.3 is 9.94 Å². The molecule has 0 fully saturated rings. The van der Waals surface area contributed by atoms with E-state index in [1.807, 2.05) is 0 Å². The van der Waals surface area contributed by atoms with Crippen LogP contribution < -0.4 is 0 Å². The predicted octanol–water partition coefficient (Wildman–Crippen LogP) is 1.93. The molecule has 0 spiro atoms. The van der Waals surface area contributed by atoms with Gasteiger partial charge in [-0.05, 0) is 31.5 Å². The zero-order valence-corrected chi connectivity index (χ0v) is 12.2. The van der Waals surface area contributed by atoms with Crippen LogP contribution in [0.15, 0.2) is 22.2 Å². The van der Waals surface area contributed by atoms with Crippen molar-refractivity contribution < 1.29 is 23.2 Å². The van der Waals surface area contributed by atoms with E-state index in [0.29, 0.717) is 17.5 Å². The third-order valence-electron chi connectivity index (χ3n) is 3.24. The van der Waals surface area contributed by atoms with Crippen LogP contribution in [-0.2, 0) is 14.7 Å². The van der Waals surface area contributed by atoms with Crippen molar-refractivity contribution in [2.45, 2.75) is 31.3 Å². The number of oxime groups is 1. The maximum atomic E-state index is 11.9. The zero-order valence-electron chi connectivity index (χ0n) is 11.4. The summed E-state index contributed by atoms with van der Waals surface area (Å²) in [7, 11) is -3.48. The van der Waals surface area contributed by atoms with Gasteiger partial charge in [0.1, 0.15) is 0 Å². The van der Waals surface area contributed by atoms with Gasteiger partial charge in [0.2, 0.25) is 0 Å². The van der Waals surface area contributed by atoms with Gasteiger partial charge in [0.15, 0.2) is 15.9 Å². The second kappa shape index (κ2) is 4.90. The van der Waals surface area contributed by atoms with E-state index in [1.165, 1.54) is 12.1 Å². The number of aromatic carboxylic acids is 1. The van der Waals surface area contributed by atoms with E-state index in [-0.39, 0.29) is 10.5 Å². The molecule has 1 heterocycles. The van der Waals surface area contributed by atoms with E-state index in [9.17, 15) is 13.2 Å². The molecular weight excluding hydrogens is 282 g/mol. The number of benzene rings is 1. The summed E-state index contributed by atoms with van der Waals surface area (Å²) >= 11 is 0. The number of hydrogen-bond acceptors (Lipinski definition) is 5. The highest BCUT2D eigenvalue weighted by atomic mass is 32.2. The van der Waals surface area contributed by atoms with Crippen LogP contribution in [0.5, 0.6) is 0 Å². The van der Waals surface area contributed by atoms with Gasteiger partial charge in [-0.25, -0.2) is 13.2 Å². The molecule has 1 aliphatic rings. The van der Waals surface area contributed by atoms with Crippen LogP contribution in [0.1, 0.15) is 40.9 Å². The second-order valence-electron chi connectivity index (χ2n) is 4.85. The summed E-state index contributed by atoms with van der Waals surface area (Å²) in [4.78, 5) is 16.5. The molecule has 0 amide bonds. The summed E-state index contributed by atoms with van der Waals surface area (Å²) in [5, 5.41) is 13.0. The Hall–Kier alpha value is -1.89. The maximum absolute atomic E-state index is 11.9. The van der Waals surface area contributed by atoms with Gasteiger partial charge in [0.25, 0.3) is 0 Å². The summed E-state index contributed by atoms with van der Waals surface area (Å²) < 4.78 is 23.8. The fraction of sp³-hybridized carbons (Fsp3) is 0.385. The molecule has 0 radical (unpaired) electrons. The lowest BCUT2D eigenvalue weighted by Gasteiger charge is -2.17. The van der Waals surface area contributed by atoms with E-state index >= 15 is 0 Å². The molecule has 2 rings (SSSR count). The highest BCUT2D eigenvalue weighted by Crippen LogP contribution is 2.35. The van der Waals surface area contributed by atoms with Gasteiger partial charge in [-0.15, -0.1) is 0 Å². The van der Waals surface area contributed by atoms with Crippen molar-refractivity contribution >= 4 is 21.5 Å². The minimum absolute atomic E-state index is 0.0700. The highest BCUT2D eigenvalue weighted by molar-refractivity contribution is 7.90. The molecule has 1 aromatic rings. The first-order chi connectivity index (χ1) is 9.21. The standard InChI is InChI=1S/C13H15NO5S/c1-7-6-10(19-14-7)12-8(2)9(13(15)16)4-5-11(12)20(3,17)18/h4-5,10H,6H2,1-3H3,(H,15,16). The molecule has 0 aliphatic carbocycles. The third-order valence-corrected chi connectivity index (χ3v) is 4.40. The summed E-state index contributed by atoms with van der Waals surface area (Å²) in [6.07, 6.45) is 0.986. The van der Waals surface area contributed by atoms with E-state index in [0.717, 1.165) is 12.0 Å². The Morgan fingerprint density at radius 3 is 2.50 bits per heavy atom. The normalized spacial score (nSPS) is 18.6. The third kappa shape index (κ3) is 2.53. The highest BCUT2D eigenvalue weighted by Gasteiger charge is 2.30. The molecule has 1 N–H and O–H groups in total. The zero-order chi connectivity index (χ0) is 15.1. The molecule has 7 heteroatoms. The average molecular weight is 297 g/mol. The molecule has 20 heavy (non-hydrogen) atoms. The van der Waals surface area contributed by atoms with Crippen molar-refractivity contribution in [3.8, 4) is 0 Å². The average Bonchev–Trinajstić information content (AvgIpc) is 2.73. The lowest BCUT2D eigenvalue weighted by molar-refractivity contribution is 0.0692. The van der Waals surface area contributed by atoms with Crippen molar-refractivity contribution in [2.75, 3.05) is 6.26 Å². The van der Waals surface area contributed by atoms with Crippen LogP contribution in [0.25, 0.3) is 0 Å². The molecule has 0 saturated carbocycles. The van der Waals surface area contributed by atoms with Crippen molar-refractivity contribution in [3.63, 3.8) is 0 Å². The fourth-order valence-corrected chi connectivity index (χ4v) is 3.31. The largest absolute Gasteiger partial charge is 0.478 e. The molecule has 0 aromatic heterocycles. The molecule has 6 nitrogen and oxygen atoms in total. The Labute approximate surface area is 117 Å². The van der Waals surface area contributed by atoms with E-state index in [4.69, 9.17) is 9.94 Å². The van der Waals surface area contributed by atoms with Crippen LogP contribution in [0, 0.1) is 6.92 Å². The van der Waals surface area contributed by atoms with E-state index in [2.05, 4.69) is 5.16 Å². The molecule has 0 bridgehead atoms. The van der Waals surface area contributed by atoms with Crippen LogP contribution in [0.2, 0.25) is 0 Å². The Kier molecular flexibility index (Phi) is 3.56. The molecule has 1 aromatic carbocycles. The van der Waals surface area contributed by atoms with Gasteiger partial charge in [-0.3, -0.25) is 0 Å². The van der Waals surface area contributed by atoms with E-state index in [1.54, 1.807) is 13.8 Å².